The molecule has 0 radical (unpaired) electrons. The fourth-order valence-corrected chi connectivity index (χ4v) is 3.25. The molecular weight excluding hydrogens is 212 g/mol. The molecule has 0 amide bonds. The molecule has 0 spiro atoms. The van der Waals surface area contributed by atoms with Gasteiger partial charge in [-0.2, -0.15) is 0 Å². The fourth-order valence-electron chi connectivity index (χ4n) is 2.03. The van der Waals surface area contributed by atoms with Crippen molar-refractivity contribution in [2.24, 2.45) is 5.92 Å². The number of hydrogen-bond acceptors (Lipinski definition) is 4. The SMILES string of the molecule is CC1OCCC1SCC(=O)C1CCOC1. The predicted octanol–water partition coefficient (Wildman–Crippen LogP) is 1.50. The maximum Gasteiger partial charge on any atom is 0.148 e. The Balaban J connectivity index is 1.70. The Bertz CT molecular complexity index is 226. The zero-order valence-electron chi connectivity index (χ0n) is 9.11. The molecule has 86 valence electrons. The highest BCUT2D eigenvalue weighted by molar-refractivity contribution is 8.00. The third kappa shape index (κ3) is 2.95. The van der Waals surface area contributed by atoms with Crippen LogP contribution >= 0.6 is 11.8 Å². The summed E-state index contributed by atoms with van der Waals surface area (Å²) in [4.78, 5) is 11.8. The van der Waals surface area contributed by atoms with Crippen LogP contribution in [-0.2, 0) is 14.3 Å². The molecule has 2 fully saturated rings. The Morgan fingerprint density at radius 1 is 1.40 bits per heavy atom. The average molecular weight is 230 g/mol. The summed E-state index contributed by atoms with van der Waals surface area (Å²) in [6.45, 7) is 4.33. The van der Waals surface area contributed by atoms with Gasteiger partial charge in [-0.3, -0.25) is 4.79 Å². The first-order chi connectivity index (χ1) is 7.27. The van der Waals surface area contributed by atoms with Gasteiger partial charge in [0.05, 0.1) is 18.5 Å². The van der Waals surface area contributed by atoms with Crippen LogP contribution in [0.15, 0.2) is 0 Å². The highest BCUT2D eigenvalue weighted by Crippen LogP contribution is 2.27. The highest BCUT2D eigenvalue weighted by Gasteiger charge is 2.28. The lowest BCUT2D eigenvalue weighted by molar-refractivity contribution is -0.120. The molecule has 0 aliphatic carbocycles. The minimum atomic E-state index is 0.162. The number of carbonyl (C=O) groups is 1. The van der Waals surface area contributed by atoms with Gasteiger partial charge in [0.25, 0.3) is 0 Å². The van der Waals surface area contributed by atoms with Gasteiger partial charge in [0.1, 0.15) is 5.78 Å². The number of hydrogen-bond donors (Lipinski definition) is 0. The molecule has 2 heterocycles. The predicted molar refractivity (Wildman–Crippen MR) is 60.2 cm³/mol. The van der Waals surface area contributed by atoms with Crippen molar-refractivity contribution in [1.82, 2.24) is 0 Å². The van der Waals surface area contributed by atoms with Gasteiger partial charge in [0, 0.05) is 24.4 Å². The van der Waals surface area contributed by atoms with Crippen molar-refractivity contribution in [2.45, 2.75) is 31.1 Å². The Morgan fingerprint density at radius 2 is 2.27 bits per heavy atom. The van der Waals surface area contributed by atoms with Crippen molar-refractivity contribution < 1.29 is 14.3 Å². The average Bonchev–Trinajstić information content (AvgIpc) is 2.85. The standard InChI is InChI=1S/C11H18O3S/c1-8-11(3-5-14-8)15-7-10(12)9-2-4-13-6-9/h8-9,11H,2-7H2,1H3. The zero-order chi connectivity index (χ0) is 10.7. The molecule has 3 nitrogen and oxygen atoms in total. The van der Waals surface area contributed by atoms with Crippen LogP contribution in [0.3, 0.4) is 0 Å². The molecule has 3 unspecified atom stereocenters. The first kappa shape index (κ1) is 11.4. The molecule has 2 saturated heterocycles. The largest absolute Gasteiger partial charge is 0.381 e. The molecule has 2 aliphatic heterocycles. The molecule has 0 aromatic rings. The fraction of sp³-hybridized carbons (Fsp3) is 0.909. The third-order valence-electron chi connectivity index (χ3n) is 3.13. The van der Waals surface area contributed by atoms with E-state index in [-0.39, 0.29) is 5.92 Å². The lowest BCUT2D eigenvalue weighted by Crippen LogP contribution is -2.20. The molecule has 0 aromatic heterocycles. The number of rotatable bonds is 4. The van der Waals surface area contributed by atoms with Gasteiger partial charge >= 0.3 is 0 Å². The Hall–Kier alpha value is -0.0600. The zero-order valence-corrected chi connectivity index (χ0v) is 9.92. The van der Waals surface area contributed by atoms with Crippen molar-refractivity contribution >= 4 is 17.5 Å². The van der Waals surface area contributed by atoms with E-state index < -0.39 is 0 Å². The van der Waals surface area contributed by atoms with Gasteiger partial charge in [0.2, 0.25) is 0 Å². The second kappa shape index (κ2) is 5.32. The van der Waals surface area contributed by atoms with E-state index in [9.17, 15) is 4.79 Å². The molecule has 0 saturated carbocycles. The summed E-state index contributed by atoms with van der Waals surface area (Å²) in [5, 5.41) is 0.510. The molecular formula is C11H18O3S. The van der Waals surface area contributed by atoms with Crippen LogP contribution in [0.2, 0.25) is 0 Å². The minimum Gasteiger partial charge on any atom is -0.381 e. The van der Waals surface area contributed by atoms with Crippen molar-refractivity contribution in [3.63, 3.8) is 0 Å². The third-order valence-corrected chi connectivity index (χ3v) is 4.63. The van der Waals surface area contributed by atoms with E-state index in [4.69, 9.17) is 9.47 Å². The van der Waals surface area contributed by atoms with E-state index in [1.807, 2.05) is 0 Å². The van der Waals surface area contributed by atoms with Crippen molar-refractivity contribution in [3.8, 4) is 0 Å². The van der Waals surface area contributed by atoms with E-state index in [0.29, 0.717) is 29.5 Å². The molecule has 2 rings (SSSR count). The molecule has 4 heteroatoms. The van der Waals surface area contributed by atoms with E-state index in [1.165, 1.54) is 0 Å². The molecule has 3 atom stereocenters. The first-order valence-corrected chi connectivity index (χ1v) is 6.66. The van der Waals surface area contributed by atoms with E-state index >= 15 is 0 Å². The Labute approximate surface area is 94.9 Å². The Kier molecular flexibility index (Phi) is 4.05. The summed E-state index contributed by atoms with van der Waals surface area (Å²) in [5.74, 6) is 1.15. The topological polar surface area (TPSA) is 35.5 Å². The van der Waals surface area contributed by atoms with Gasteiger partial charge in [0.15, 0.2) is 0 Å². The summed E-state index contributed by atoms with van der Waals surface area (Å²) in [6, 6.07) is 0. The van der Waals surface area contributed by atoms with Gasteiger partial charge in [-0.05, 0) is 19.8 Å². The summed E-state index contributed by atoms with van der Waals surface area (Å²) in [6.07, 6.45) is 2.30. The van der Waals surface area contributed by atoms with Crippen LogP contribution in [0.1, 0.15) is 19.8 Å². The van der Waals surface area contributed by atoms with Crippen molar-refractivity contribution in [3.05, 3.63) is 0 Å². The lowest BCUT2D eigenvalue weighted by atomic mass is 10.1. The molecule has 0 N–H and O–H groups in total. The van der Waals surface area contributed by atoms with E-state index in [0.717, 1.165) is 26.1 Å². The smallest absolute Gasteiger partial charge is 0.148 e. The summed E-state index contributed by atoms with van der Waals surface area (Å²) in [5.41, 5.74) is 0. The summed E-state index contributed by atoms with van der Waals surface area (Å²) >= 11 is 1.76. The van der Waals surface area contributed by atoms with Gasteiger partial charge < -0.3 is 9.47 Å². The van der Waals surface area contributed by atoms with Crippen molar-refractivity contribution in [2.75, 3.05) is 25.6 Å². The molecule has 0 bridgehead atoms. The molecule has 0 aromatic carbocycles. The van der Waals surface area contributed by atoms with Gasteiger partial charge in [-0.25, -0.2) is 0 Å². The van der Waals surface area contributed by atoms with Crippen LogP contribution in [0.5, 0.6) is 0 Å². The number of Topliss-reactive ketones (excluding diaryl/α,β-unsaturated/α-hetero) is 1. The number of ketones is 1. The van der Waals surface area contributed by atoms with Crippen molar-refractivity contribution in [1.29, 1.82) is 0 Å². The highest BCUT2D eigenvalue weighted by atomic mass is 32.2. The number of ether oxygens (including phenoxy) is 2. The maximum absolute atomic E-state index is 11.8. The number of thioether (sulfide) groups is 1. The second-order valence-corrected chi connectivity index (χ2v) is 5.47. The van der Waals surface area contributed by atoms with Crippen LogP contribution in [0.4, 0.5) is 0 Å². The summed E-state index contributed by atoms with van der Waals surface area (Å²) in [7, 11) is 0. The lowest BCUT2D eigenvalue weighted by Gasteiger charge is -2.14. The second-order valence-electron chi connectivity index (χ2n) is 4.24. The van der Waals surface area contributed by atoms with E-state index in [2.05, 4.69) is 6.92 Å². The first-order valence-electron chi connectivity index (χ1n) is 5.61. The normalized spacial score (nSPS) is 35.9. The van der Waals surface area contributed by atoms with Crippen LogP contribution < -0.4 is 0 Å². The monoisotopic (exact) mass is 230 g/mol. The Morgan fingerprint density at radius 3 is 2.87 bits per heavy atom. The van der Waals surface area contributed by atoms with Crippen LogP contribution in [0, 0.1) is 5.92 Å². The molecule has 2 aliphatic rings. The van der Waals surface area contributed by atoms with Gasteiger partial charge in [-0.1, -0.05) is 0 Å². The van der Waals surface area contributed by atoms with Gasteiger partial charge in [-0.15, -0.1) is 11.8 Å². The van der Waals surface area contributed by atoms with E-state index in [1.54, 1.807) is 11.8 Å². The van der Waals surface area contributed by atoms with Crippen LogP contribution in [0.25, 0.3) is 0 Å². The number of carbonyl (C=O) groups excluding carboxylic acids is 1. The summed E-state index contributed by atoms with van der Waals surface area (Å²) < 4.78 is 10.7. The quantitative estimate of drug-likeness (QED) is 0.733. The maximum atomic E-state index is 11.8. The minimum absolute atomic E-state index is 0.162. The molecule has 15 heavy (non-hydrogen) atoms. The van der Waals surface area contributed by atoms with Crippen LogP contribution in [-0.4, -0.2) is 42.7 Å².